The summed E-state index contributed by atoms with van der Waals surface area (Å²) in [6.45, 7) is 3.93. The molecule has 0 aromatic heterocycles. The first kappa shape index (κ1) is 11.7. The molecule has 2 atom stereocenters. The number of nitro groups is 1. The molecule has 1 aliphatic rings. The molecule has 84 valence electrons. The van der Waals surface area contributed by atoms with E-state index in [4.69, 9.17) is 0 Å². The van der Waals surface area contributed by atoms with E-state index in [1.807, 2.05) is 0 Å². The maximum Gasteiger partial charge on any atom is 0.233 e. The third-order valence-corrected chi connectivity index (χ3v) is 2.87. The van der Waals surface area contributed by atoms with Crippen molar-refractivity contribution < 1.29 is 9.72 Å². The van der Waals surface area contributed by atoms with E-state index in [1.165, 1.54) is 4.90 Å². The van der Waals surface area contributed by atoms with Gasteiger partial charge in [-0.1, -0.05) is 12.5 Å². The number of rotatable bonds is 5. The highest BCUT2D eigenvalue weighted by molar-refractivity contribution is 5.48. The predicted molar refractivity (Wildman–Crippen MR) is 56.0 cm³/mol. The summed E-state index contributed by atoms with van der Waals surface area (Å²) in [4.78, 5) is 22.9. The van der Waals surface area contributed by atoms with Crippen molar-refractivity contribution in [3.8, 4) is 0 Å². The van der Waals surface area contributed by atoms with Gasteiger partial charge in [0.25, 0.3) is 0 Å². The topological polar surface area (TPSA) is 63.5 Å². The van der Waals surface area contributed by atoms with Crippen molar-refractivity contribution in [1.29, 1.82) is 0 Å². The van der Waals surface area contributed by atoms with Gasteiger partial charge in [-0.3, -0.25) is 14.9 Å². The van der Waals surface area contributed by atoms with E-state index in [-0.39, 0.29) is 11.0 Å². The second-order valence-corrected chi connectivity index (χ2v) is 3.80. The van der Waals surface area contributed by atoms with Crippen LogP contribution in [0.5, 0.6) is 0 Å². The van der Waals surface area contributed by atoms with E-state index in [0.717, 1.165) is 19.3 Å². The molecule has 0 unspecified atom stereocenters. The minimum Gasteiger partial charge on any atom is -0.332 e. The van der Waals surface area contributed by atoms with Gasteiger partial charge in [0.05, 0.1) is 6.04 Å². The fraction of sp³-hybridized carbons (Fsp3) is 0.700. The minimum absolute atomic E-state index is 0.260. The second-order valence-electron chi connectivity index (χ2n) is 3.80. The lowest BCUT2D eigenvalue weighted by Gasteiger charge is -2.32. The summed E-state index contributed by atoms with van der Waals surface area (Å²) in [7, 11) is 0. The van der Waals surface area contributed by atoms with E-state index in [9.17, 15) is 14.9 Å². The number of amides is 1. The van der Waals surface area contributed by atoms with Crippen LogP contribution in [0, 0.1) is 10.1 Å². The van der Waals surface area contributed by atoms with Crippen LogP contribution in [0.25, 0.3) is 0 Å². The third kappa shape index (κ3) is 2.78. The normalized spacial score (nSPS) is 25.6. The Morgan fingerprint density at radius 2 is 2.13 bits per heavy atom. The predicted octanol–water partition coefficient (Wildman–Crippen LogP) is 1.22. The quantitative estimate of drug-likeness (QED) is 0.298. The van der Waals surface area contributed by atoms with Crippen molar-refractivity contribution in [1.82, 2.24) is 4.90 Å². The Hall–Kier alpha value is -1.39. The molecule has 0 radical (unpaired) electrons. The third-order valence-electron chi connectivity index (χ3n) is 2.87. The van der Waals surface area contributed by atoms with Crippen LogP contribution >= 0.6 is 0 Å². The summed E-state index contributed by atoms with van der Waals surface area (Å²) in [5, 5.41) is 10.8. The Kier molecular flexibility index (Phi) is 4.27. The largest absolute Gasteiger partial charge is 0.332 e. The smallest absolute Gasteiger partial charge is 0.233 e. The van der Waals surface area contributed by atoms with Gasteiger partial charge in [-0.25, -0.2) is 0 Å². The molecule has 1 saturated carbocycles. The van der Waals surface area contributed by atoms with E-state index < -0.39 is 6.04 Å². The Morgan fingerprint density at radius 3 is 2.67 bits per heavy atom. The van der Waals surface area contributed by atoms with Crippen molar-refractivity contribution >= 4 is 6.41 Å². The van der Waals surface area contributed by atoms with Crippen LogP contribution in [0.3, 0.4) is 0 Å². The fourth-order valence-electron chi connectivity index (χ4n) is 2.13. The number of nitrogens with zero attached hydrogens (tertiary/aromatic N) is 2. The molecule has 1 rings (SSSR count). The average Bonchev–Trinajstić information content (AvgIpc) is 2.26. The van der Waals surface area contributed by atoms with E-state index >= 15 is 0 Å². The summed E-state index contributed by atoms with van der Waals surface area (Å²) in [6, 6.07) is -0.867. The summed E-state index contributed by atoms with van der Waals surface area (Å²) in [5.41, 5.74) is 0. The van der Waals surface area contributed by atoms with Crippen LogP contribution in [-0.4, -0.2) is 34.9 Å². The van der Waals surface area contributed by atoms with Gasteiger partial charge >= 0.3 is 0 Å². The first-order valence-corrected chi connectivity index (χ1v) is 5.16. The van der Waals surface area contributed by atoms with Crippen molar-refractivity contribution in [2.75, 3.05) is 6.54 Å². The van der Waals surface area contributed by atoms with Crippen LogP contribution in [0.2, 0.25) is 0 Å². The van der Waals surface area contributed by atoms with Crippen molar-refractivity contribution in [3.63, 3.8) is 0 Å². The molecule has 5 nitrogen and oxygen atoms in total. The summed E-state index contributed by atoms with van der Waals surface area (Å²) in [5.74, 6) is 0. The molecule has 0 bridgehead atoms. The monoisotopic (exact) mass is 212 g/mol. The van der Waals surface area contributed by atoms with Crippen LogP contribution in [0.1, 0.15) is 25.7 Å². The molecule has 0 aromatic rings. The first-order chi connectivity index (χ1) is 7.20. The van der Waals surface area contributed by atoms with Gasteiger partial charge in [-0.2, -0.15) is 0 Å². The number of carbonyl (C=O) groups excluding carboxylic acids is 1. The lowest BCUT2D eigenvalue weighted by Crippen LogP contribution is -2.48. The number of hydrogen-bond acceptors (Lipinski definition) is 3. The molecular formula is C10H16N2O3. The molecule has 0 spiro atoms. The van der Waals surface area contributed by atoms with Gasteiger partial charge in [0.2, 0.25) is 12.5 Å². The van der Waals surface area contributed by atoms with Crippen LogP contribution in [0.15, 0.2) is 12.7 Å². The first-order valence-electron chi connectivity index (χ1n) is 5.16. The van der Waals surface area contributed by atoms with Crippen molar-refractivity contribution in [2.24, 2.45) is 0 Å². The van der Waals surface area contributed by atoms with Crippen LogP contribution < -0.4 is 0 Å². The van der Waals surface area contributed by atoms with E-state index in [1.54, 1.807) is 6.08 Å². The molecule has 15 heavy (non-hydrogen) atoms. The van der Waals surface area contributed by atoms with Gasteiger partial charge in [0.15, 0.2) is 0 Å². The number of carbonyl (C=O) groups is 1. The number of hydrogen-bond donors (Lipinski definition) is 0. The van der Waals surface area contributed by atoms with Gasteiger partial charge in [-0.15, -0.1) is 6.58 Å². The average molecular weight is 212 g/mol. The molecule has 0 N–H and O–H groups in total. The molecule has 0 aromatic carbocycles. The molecule has 0 saturated heterocycles. The Labute approximate surface area is 88.9 Å². The highest BCUT2D eigenvalue weighted by Crippen LogP contribution is 2.24. The Balaban J connectivity index is 2.72. The summed E-state index contributed by atoms with van der Waals surface area (Å²) in [6.07, 6.45) is 5.41. The van der Waals surface area contributed by atoms with Gasteiger partial charge < -0.3 is 4.90 Å². The minimum atomic E-state index is -0.608. The zero-order valence-electron chi connectivity index (χ0n) is 8.67. The highest BCUT2D eigenvalue weighted by atomic mass is 16.6. The van der Waals surface area contributed by atoms with E-state index in [0.29, 0.717) is 19.4 Å². The Bertz CT molecular complexity index is 255. The SMILES string of the molecule is C=CCN(C=O)[C@H]1CCCC[C@H]1[N+](=O)[O-]. The van der Waals surface area contributed by atoms with Crippen molar-refractivity contribution in [2.45, 2.75) is 37.8 Å². The summed E-state index contributed by atoms with van der Waals surface area (Å²) < 4.78 is 0. The molecule has 1 fully saturated rings. The molecule has 0 heterocycles. The van der Waals surface area contributed by atoms with Gasteiger partial charge in [-0.05, 0) is 12.8 Å². The molecule has 1 amide bonds. The van der Waals surface area contributed by atoms with Gasteiger partial charge in [0, 0.05) is 17.9 Å². The fourth-order valence-corrected chi connectivity index (χ4v) is 2.13. The molecule has 1 aliphatic carbocycles. The van der Waals surface area contributed by atoms with Crippen molar-refractivity contribution in [3.05, 3.63) is 22.8 Å². The van der Waals surface area contributed by atoms with Gasteiger partial charge in [0.1, 0.15) is 0 Å². The zero-order chi connectivity index (χ0) is 11.3. The van der Waals surface area contributed by atoms with E-state index in [2.05, 4.69) is 6.58 Å². The molecule has 0 aliphatic heterocycles. The standard InChI is InChI=1S/C10H16N2O3/c1-2-7-11(8-13)9-5-3-4-6-10(9)12(14)15/h2,8-10H,1,3-7H2/t9-,10+/m0/s1. The maximum atomic E-state index is 10.8. The molecular weight excluding hydrogens is 196 g/mol. The lowest BCUT2D eigenvalue weighted by molar-refractivity contribution is -0.532. The van der Waals surface area contributed by atoms with Crippen LogP contribution in [0.4, 0.5) is 0 Å². The zero-order valence-corrected chi connectivity index (χ0v) is 8.67. The second kappa shape index (κ2) is 5.48. The maximum absolute atomic E-state index is 10.8. The van der Waals surface area contributed by atoms with Crippen LogP contribution in [-0.2, 0) is 4.79 Å². The highest BCUT2D eigenvalue weighted by Gasteiger charge is 2.37. The molecule has 5 heteroatoms. The summed E-state index contributed by atoms with van der Waals surface area (Å²) >= 11 is 0. The lowest BCUT2D eigenvalue weighted by atomic mass is 9.90. The Morgan fingerprint density at radius 1 is 1.47 bits per heavy atom.